The van der Waals surface area contributed by atoms with Crippen LogP contribution in [0.1, 0.15) is 25.1 Å². The molecule has 1 saturated heterocycles. The van der Waals surface area contributed by atoms with E-state index in [1.54, 1.807) is 6.26 Å². The van der Waals surface area contributed by atoms with Crippen molar-refractivity contribution in [3.63, 3.8) is 0 Å². The number of furan rings is 1. The topological polar surface area (TPSA) is 59.3 Å². The van der Waals surface area contributed by atoms with Gasteiger partial charge in [0.25, 0.3) is 0 Å². The van der Waals surface area contributed by atoms with E-state index in [9.17, 15) is 8.42 Å². The monoisotopic (exact) mass is 307 g/mol. The van der Waals surface area contributed by atoms with Crippen LogP contribution in [0.4, 0.5) is 0 Å². The molecule has 1 aromatic rings. The molecule has 2 heterocycles. The Hall–Kier alpha value is -0.330. The molecule has 2 unspecified atom stereocenters. The van der Waals surface area contributed by atoms with Crippen molar-refractivity contribution in [1.82, 2.24) is 5.32 Å². The van der Waals surface area contributed by atoms with Gasteiger partial charge in [-0.2, -0.15) is 0 Å². The Balaban J connectivity index is 1.99. The smallest absolute Gasteiger partial charge is 0.151 e. The molecular weight excluding hydrogens is 294 g/mol. The molecule has 0 bridgehead atoms. The van der Waals surface area contributed by atoms with Gasteiger partial charge in [-0.3, -0.25) is 0 Å². The van der Waals surface area contributed by atoms with Gasteiger partial charge in [-0.15, -0.1) is 0 Å². The third kappa shape index (κ3) is 2.67. The van der Waals surface area contributed by atoms with Gasteiger partial charge in [0.2, 0.25) is 0 Å². The predicted octanol–water partition coefficient (Wildman–Crippen LogP) is 1.88. The van der Waals surface area contributed by atoms with Crippen molar-refractivity contribution in [3.8, 4) is 0 Å². The normalized spacial score (nSPS) is 25.8. The number of halogens is 1. The highest BCUT2D eigenvalue weighted by Gasteiger charge is 2.29. The summed E-state index contributed by atoms with van der Waals surface area (Å²) in [6.45, 7) is 1.97. The summed E-state index contributed by atoms with van der Waals surface area (Å²) in [6, 6.07) is 1.89. The minimum absolute atomic E-state index is 0.0164. The molecule has 2 rings (SSSR count). The minimum Gasteiger partial charge on any atom is -0.466 e. The Morgan fingerprint density at radius 1 is 1.62 bits per heavy atom. The van der Waals surface area contributed by atoms with Crippen molar-refractivity contribution in [3.05, 3.63) is 22.6 Å². The van der Waals surface area contributed by atoms with Gasteiger partial charge >= 0.3 is 0 Å². The van der Waals surface area contributed by atoms with Crippen molar-refractivity contribution in [2.75, 3.05) is 11.5 Å². The zero-order valence-electron chi connectivity index (χ0n) is 8.94. The fourth-order valence-corrected chi connectivity index (χ4v) is 4.20. The lowest BCUT2D eigenvalue weighted by Gasteiger charge is -2.16. The molecule has 0 aromatic carbocycles. The first kappa shape index (κ1) is 12.1. The van der Waals surface area contributed by atoms with Gasteiger partial charge in [-0.05, 0) is 35.3 Å². The molecule has 90 valence electrons. The molecule has 16 heavy (non-hydrogen) atoms. The largest absolute Gasteiger partial charge is 0.466 e. The van der Waals surface area contributed by atoms with Gasteiger partial charge in [-0.1, -0.05) is 0 Å². The van der Waals surface area contributed by atoms with Crippen molar-refractivity contribution in [2.45, 2.75) is 25.4 Å². The summed E-state index contributed by atoms with van der Waals surface area (Å²) < 4.78 is 28.8. The molecule has 1 fully saturated rings. The number of rotatable bonds is 3. The van der Waals surface area contributed by atoms with Crippen molar-refractivity contribution < 1.29 is 12.8 Å². The van der Waals surface area contributed by atoms with Crippen molar-refractivity contribution in [1.29, 1.82) is 0 Å². The van der Waals surface area contributed by atoms with Gasteiger partial charge < -0.3 is 9.73 Å². The van der Waals surface area contributed by atoms with E-state index in [1.165, 1.54) is 0 Å². The summed E-state index contributed by atoms with van der Waals surface area (Å²) in [5.41, 5.74) is 0. The van der Waals surface area contributed by atoms with E-state index in [2.05, 4.69) is 21.2 Å². The van der Waals surface area contributed by atoms with Crippen molar-refractivity contribution >= 4 is 25.8 Å². The van der Waals surface area contributed by atoms with E-state index in [0.717, 1.165) is 10.2 Å². The van der Waals surface area contributed by atoms with Crippen LogP contribution in [-0.2, 0) is 9.84 Å². The Morgan fingerprint density at radius 2 is 2.38 bits per heavy atom. The maximum atomic E-state index is 11.3. The molecule has 1 aliphatic heterocycles. The molecule has 0 spiro atoms. The standard InChI is InChI=1S/C10H14BrNO3S/c1-7(10-9(11)2-4-15-10)12-8-3-5-16(13,14)6-8/h2,4,7-8,12H,3,5-6H2,1H3. The second-order valence-corrected chi connectivity index (χ2v) is 7.20. The van der Waals surface area contributed by atoms with Crippen LogP contribution in [-0.4, -0.2) is 26.0 Å². The van der Waals surface area contributed by atoms with Gasteiger partial charge in [-0.25, -0.2) is 8.42 Å². The summed E-state index contributed by atoms with van der Waals surface area (Å²) in [7, 11) is -2.82. The van der Waals surface area contributed by atoms with Crippen LogP contribution in [0.15, 0.2) is 21.2 Å². The quantitative estimate of drug-likeness (QED) is 0.926. The third-order valence-electron chi connectivity index (χ3n) is 2.76. The van der Waals surface area contributed by atoms with Crippen LogP contribution in [0.5, 0.6) is 0 Å². The number of sulfone groups is 1. The molecule has 0 radical (unpaired) electrons. The summed E-state index contributed by atoms with van der Waals surface area (Å²) in [6.07, 6.45) is 2.30. The molecular formula is C10H14BrNO3S. The number of hydrogen-bond acceptors (Lipinski definition) is 4. The maximum Gasteiger partial charge on any atom is 0.151 e. The minimum atomic E-state index is -2.82. The van der Waals surface area contributed by atoms with Crippen LogP contribution < -0.4 is 5.32 Å². The third-order valence-corrected chi connectivity index (χ3v) is 5.18. The lowest BCUT2D eigenvalue weighted by molar-refractivity contribution is 0.398. The fraction of sp³-hybridized carbons (Fsp3) is 0.600. The molecule has 1 aliphatic rings. The number of hydrogen-bond donors (Lipinski definition) is 1. The number of nitrogens with one attached hydrogen (secondary N) is 1. The zero-order chi connectivity index (χ0) is 11.8. The highest BCUT2D eigenvalue weighted by Crippen LogP contribution is 2.25. The molecule has 2 atom stereocenters. The van der Waals surface area contributed by atoms with E-state index in [1.807, 2.05) is 13.0 Å². The van der Waals surface area contributed by atoms with E-state index in [0.29, 0.717) is 6.42 Å². The van der Waals surface area contributed by atoms with Gasteiger partial charge in [0.1, 0.15) is 5.76 Å². The molecule has 1 N–H and O–H groups in total. The Labute approximate surface area is 103 Å². The Bertz CT molecular complexity index is 468. The molecule has 6 heteroatoms. The summed E-state index contributed by atoms with van der Waals surface area (Å²) in [5, 5.41) is 3.27. The van der Waals surface area contributed by atoms with E-state index in [-0.39, 0.29) is 23.6 Å². The highest BCUT2D eigenvalue weighted by molar-refractivity contribution is 9.10. The first-order chi connectivity index (χ1) is 7.48. The molecule has 0 saturated carbocycles. The second-order valence-electron chi connectivity index (χ2n) is 4.12. The molecule has 0 aliphatic carbocycles. The Kier molecular flexibility index (Phi) is 3.42. The zero-order valence-corrected chi connectivity index (χ0v) is 11.3. The average Bonchev–Trinajstić information content (AvgIpc) is 2.72. The fourth-order valence-electron chi connectivity index (χ4n) is 1.97. The molecule has 0 amide bonds. The van der Waals surface area contributed by atoms with Gasteiger partial charge in [0.05, 0.1) is 28.3 Å². The lowest BCUT2D eigenvalue weighted by Crippen LogP contribution is -2.32. The summed E-state index contributed by atoms with van der Waals surface area (Å²) >= 11 is 3.39. The SMILES string of the molecule is CC(NC1CCS(=O)(=O)C1)c1occc1Br. The van der Waals surface area contributed by atoms with Crippen LogP contribution in [0.25, 0.3) is 0 Å². The lowest BCUT2D eigenvalue weighted by atomic mass is 10.2. The van der Waals surface area contributed by atoms with Crippen LogP contribution >= 0.6 is 15.9 Å². The molecule has 4 nitrogen and oxygen atoms in total. The van der Waals surface area contributed by atoms with E-state index >= 15 is 0 Å². The van der Waals surface area contributed by atoms with Crippen LogP contribution in [0.3, 0.4) is 0 Å². The summed E-state index contributed by atoms with van der Waals surface area (Å²) in [4.78, 5) is 0. The maximum absolute atomic E-state index is 11.3. The van der Waals surface area contributed by atoms with Crippen LogP contribution in [0, 0.1) is 0 Å². The van der Waals surface area contributed by atoms with Crippen LogP contribution in [0.2, 0.25) is 0 Å². The first-order valence-electron chi connectivity index (χ1n) is 5.17. The summed E-state index contributed by atoms with van der Waals surface area (Å²) in [5.74, 6) is 1.33. The predicted molar refractivity (Wildman–Crippen MR) is 65.0 cm³/mol. The molecule has 1 aromatic heterocycles. The van der Waals surface area contributed by atoms with Gasteiger partial charge in [0, 0.05) is 6.04 Å². The highest BCUT2D eigenvalue weighted by atomic mass is 79.9. The van der Waals surface area contributed by atoms with Crippen molar-refractivity contribution in [2.24, 2.45) is 0 Å². The van der Waals surface area contributed by atoms with E-state index in [4.69, 9.17) is 4.42 Å². The second kappa shape index (κ2) is 4.50. The van der Waals surface area contributed by atoms with Gasteiger partial charge in [0.15, 0.2) is 9.84 Å². The average molecular weight is 308 g/mol. The van der Waals surface area contributed by atoms with E-state index < -0.39 is 9.84 Å². The first-order valence-corrected chi connectivity index (χ1v) is 7.79. The Morgan fingerprint density at radius 3 is 2.88 bits per heavy atom.